The minimum absolute atomic E-state index is 0.0441. The Morgan fingerprint density at radius 2 is 1.90 bits per heavy atom. The van der Waals surface area contributed by atoms with E-state index < -0.39 is 36.8 Å². The van der Waals surface area contributed by atoms with Crippen molar-refractivity contribution < 1.29 is 36.6 Å². The van der Waals surface area contributed by atoms with Crippen LogP contribution in [0.15, 0.2) is 54.9 Å². The molecule has 0 unspecified atom stereocenters. The van der Waals surface area contributed by atoms with Gasteiger partial charge in [0.05, 0.1) is 43.8 Å². The Morgan fingerprint density at radius 1 is 1.12 bits per heavy atom. The summed E-state index contributed by atoms with van der Waals surface area (Å²) in [6.45, 7) is 0.472. The molecular formula is C30H33F4N3O4. The molecule has 3 aromatic rings. The molecule has 7 nitrogen and oxygen atoms in total. The molecule has 3 N–H and O–H groups in total. The molecule has 3 atom stereocenters. The standard InChI is InChI=1S/C30H33F4N3O4/c31-26-16-36-14-21(13-28(38)27(35)12-20-6-3-5-19-4-1-2-7-24(19)20)25(26)9-8-23-15-37-22(17-40-23)18-41-29(39)10-11-30(32,33)34/h1-7,14,16,22-23,27,37H,8-13,15,17-18,35H2/t22-,23+,27-/m0/s1. The summed E-state index contributed by atoms with van der Waals surface area (Å²) < 4.78 is 62.2. The van der Waals surface area contributed by atoms with Crippen molar-refractivity contribution in [1.29, 1.82) is 0 Å². The summed E-state index contributed by atoms with van der Waals surface area (Å²) in [5.41, 5.74) is 8.12. The van der Waals surface area contributed by atoms with Crippen molar-refractivity contribution in [2.75, 3.05) is 19.8 Å². The summed E-state index contributed by atoms with van der Waals surface area (Å²) in [6.07, 6.45) is -2.95. The molecule has 0 spiro atoms. The van der Waals surface area contributed by atoms with Crippen LogP contribution in [0.5, 0.6) is 0 Å². The summed E-state index contributed by atoms with van der Waals surface area (Å²) in [5.74, 6) is -1.64. The van der Waals surface area contributed by atoms with Gasteiger partial charge in [-0.2, -0.15) is 13.2 Å². The lowest BCUT2D eigenvalue weighted by Gasteiger charge is -2.30. The first-order valence-corrected chi connectivity index (χ1v) is 13.5. The van der Waals surface area contributed by atoms with Gasteiger partial charge in [-0.1, -0.05) is 42.5 Å². The lowest BCUT2D eigenvalue weighted by Crippen LogP contribution is -2.49. The third kappa shape index (κ3) is 9.04. The summed E-state index contributed by atoms with van der Waals surface area (Å²) in [4.78, 5) is 28.5. The SMILES string of the molecule is N[C@@H](Cc1cccc2ccccc12)C(=O)Cc1cncc(F)c1CC[C@@H]1CN[C@H](COC(=O)CCC(F)(F)F)CO1. The fourth-order valence-electron chi connectivity index (χ4n) is 4.85. The quantitative estimate of drug-likeness (QED) is 0.246. The van der Waals surface area contributed by atoms with E-state index in [4.69, 9.17) is 15.2 Å². The molecule has 0 saturated carbocycles. The van der Waals surface area contributed by atoms with Crippen LogP contribution in [-0.4, -0.2) is 60.9 Å². The summed E-state index contributed by atoms with van der Waals surface area (Å²) in [7, 11) is 0. The van der Waals surface area contributed by atoms with Crippen LogP contribution in [-0.2, 0) is 38.3 Å². The molecule has 1 fully saturated rings. The number of rotatable bonds is 12. The number of ether oxygens (including phenoxy) is 2. The minimum Gasteiger partial charge on any atom is -0.464 e. The number of alkyl halides is 3. The van der Waals surface area contributed by atoms with Crippen LogP contribution in [0.2, 0.25) is 0 Å². The van der Waals surface area contributed by atoms with Gasteiger partial charge in [0.2, 0.25) is 0 Å². The number of morpholine rings is 1. The number of benzene rings is 2. The van der Waals surface area contributed by atoms with Crippen LogP contribution >= 0.6 is 0 Å². The Balaban J connectivity index is 1.26. The van der Waals surface area contributed by atoms with Crippen molar-refractivity contribution in [1.82, 2.24) is 10.3 Å². The molecule has 1 saturated heterocycles. The lowest BCUT2D eigenvalue weighted by molar-refractivity contribution is -0.158. The minimum atomic E-state index is -4.41. The van der Waals surface area contributed by atoms with Gasteiger partial charge >= 0.3 is 12.1 Å². The number of hydrogen-bond donors (Lipinski definition) is 2. The average Bonchev–Trinajstić information content (AvgIpc) is 2.95. The van der Waals surface area contributed by atoms with Gasteiger partial charge in [-0.25, -0.2) is 4.39 Å². The number of pyridine rings is 1. The van der Waals surface area contributed by atoms with E-state index in [9.17, 15) is 27.2 Å². The first kappa shape index (κ1) is 30.5. The topological polar surface area (TPSA) is 104 Å². The highest BCUT2D eigenvalue weighted by Gasteiger charge is 2.29. The van der Waals surface area contributed by atoms with Gasteiger partial charge in [0.1, 0.15) is 12.4 Å². The Morgan fingerprint density at radius 3 is 2.66 bits per heavy atom. The number of halogens is 4. The van der Waals surface area contributed by atoms with E-state index in [1.807, 2.05) is 42.5 Å². The smallest absolute Gasteiger partial charge is 0.389 e. The normalized spacial score (nSPS) is 18.3. The number of ketones is 1. The lowest BCUT2D eigenvalue weighted by atomic mass is 9.93. The Kier molecular flexibility index (Phi) is 10.4. The van der Waals surface area contributed by atoms with Gasteiger partial charge in [-0.3, -0.25) is 14.6 Å². The Bertz CT molecular complexity index is 1340. The molecular weight excluding hydrogens is 542 g/mol. The van der Waals surface area contributed by atoms with E-state index in [0.717, 1.165) is 22.5 Å². The zero-order valence-corrected chi connectivity index (χ0v) is 22.5. The molecule has 11 heteroatoms. The fraction of sp³-hybridized carbons (Fsp3) is 0.433. The summed E-state index contributed by atoms with van der Waals surface area (Å²) >= 11 is 0. The molecule has 2 aromatic carbocycles. The largest absolute Gasteiger partial charge is 0.464 e. The van der Waals surface area contributed by atoms with Crippen LogP contribution in [0, 0.1) is 5.82 Å². The number of aromatic nitrogens is 1. The molecule has 1 aromatic heterocycles. The zero-order valence-electron chi connectivity index (χ0n) is 22.5. The van der Waals surface area contributed by atoms with E-state index in [-0.39, 0.29) is 37.6 Å². The number of Topliss-reactive ketones (excluding diaryl/α,β-unsaturated/α-hetero) is 1. The van der Waals surface area contributed by atoms with Crippen LogP contribution in [0.1, 0.15) is 36.0 Å². The highest BCUT2D eigenvalue weighted by molar-refractivity contribution is 5.89. The van der Waals surface area contributed by atoms with E-state index in [2.05, 4.69) is 10.3 Å². The molecule has 1 aliphatic rings. The number of carbonyl (C=O) groups is 2. The molecule has 41 heavy (non-hydrogen) atoms. The van der Waals surface area contributed by atoms with Crippen LogP contribution in [0.4, 0.5) is 17.6 Å². The monoisotopic (exact) mass is 575 g/mol. The van der Waals surface area contributed by atoms with Crippen LogP contribution < -0.4 is 11.1 Å². The molecule has 220 valence electrons. The van der Waals surface area contributed by atoms with E-state index in [1.165, 1.54) is 6.20 Å². The number of hydrogen-bond acceptors (Lipinski definition) is 7. The maximum Gasteiger partial charge on any atom is 0.389 e. The highest BCUT2D eigenvalue weighted by atomic mass is 19.4. The third-order valence-corrected chi connectivity index (χ3v) is 7.13. The first-order chi connectivity index (χ1) is 19.6. The Hall–Kier alpha value is -3.41. The number of nitrogens with two attached hydrogens (primary N) is 1. The van der Waals surface area contributed by atoms with Gasteiger partial charge < -0.3 is 20.5 Å². The van der Waals surface area contributed by atoms with Gasteiger partial charge in [-0.15, -0.1) is 0 Å². The predicted molar refractivity (Wildman–Crippen MR) is 145 cm³/mol. The molecule has 0 amide bonds. The van der Waals surface area contributed by atoms with Crippen molar-refractivity contribution in [2.24, 2.45) is 5.73 Å². The Labute approximate surface area is 235 Å². The number of nitrogens with one attached hydrogen (secondary N) is 1. The number of fused-ring (bicyclic) bond motifs is 1. The summed E-state index contributed by atoms with van der Waals surface area (Å²) in [5, 5.41) is 5.24. The van der Waals surface area contributed by atoms with Crippen molar-refractivity contribution in [2.45, 2.75) is 62.9 Å². The number of carbonyl (C=O) groups excluding carboxylic acids is 2. The molecule has 1 aliphatic heterocycles. The van der Waals surface area contributed by atoms with Gasteiger partial charge in [-0.05, 0) is 46.7 Å². The predicted octanol–water partition coefficient (Wildman–Crippen LogP) is 4.23. The molecule has 0 bridgehead atoms. The maximum atomic E-state index is 14.8. The van der Waals surface area contributed by atoms with Crippen LogP contribution in [0.25, 0.3) is 10.8 Å². The second-order valence-electron chi connectivity index (χ2n) is 10.2. The molecule has 2 heterocycles. The molecule has 4 rings (SSSR count). The first-order valence-electron chi connectivity index (χ1n) is 13.5. The fourth-order valence-corrected chi connectivity index (χ4v) is 4.85. The third-order valence-electron chi connectivity index (χ3n) is 7.13. The van der Waals surface area contributed by atoms with Crippen molar-refractivity contribution in [3.8, 4) is 0 Å². The average molecular weight is 576 g/mol. The second kappa shape index (κ2) is 14.0. The van der Waals surface area contributed by atoms with E-state index in [0.29, 0.717) is 36.9 Å². The number of nitrogens with zero attached hydrogens (tertiary/aromatic N) is 1. The van der Waals surface area contributed by atoms with Crippen molar-refractivity contribution in [3.05, 3.63) is 77.4 Å². The van der Waals surface area contributed by atoms with Crippen LogP contribution in [0.3, 0.4) is 0 Å². The molecule has 0 radical (unpaired) electrons. The second-order valence-corrected chi connectivity index (χ2v) is 10.2. The molecule has 0 aliphatic carbocycles. The maximum absolute atomic E-state index is 14.8. The summed E-state index contributed by atoms with van der Waals surface area (Å²) in [6, 6.07) is 12.6. The van der Waals surface area contributed by atoms with Gasteiger partial charge in [0.15, 0.2) is 5.78 Å². The van der Waals surface area contributed by atoms with Crippen molar-refractivity contribution in [3.63, 3.8) is 0 Å². The van der Waals surface area contributed by atoms with E-state index in [1.54, 1.807) is 0 Å². The van der Waals surface area contributed by atoms with Crippen molar-refractivity contribution >= 4 is 22.5 Å². The zero-order chi connectivity index (χ0) is 29.4. The van der Waals surface area contributed by atoms with Gasteiger partial charge in [0, 0.05) is 19.2 Å². The van der Waals surface area contributed by atoms with E-state index >= 15 is 0 Å². The van der Waals surface area contributed by atoms with Gasteiger partial charge in [0.25, 0.3) is 0 Å². The highest BCUT2D eigenvalue weighted by Crippen LogP contribution is 2.23. The number of esters is 1.